The lowest BCUT2D eigenvalue weighted by Gasteiger charge is -2.22. The molecule has 96 valence electrons. The molecule has 0 aliphatic heterocycles. The average molecular weight is 261 g/mol. The topological polar surface area (TPSA) is 82.3 Å². The summed E-state index contributed by atoms with van der Waals surface area (Å²) in [4.78, 5) is 7.84. The van der Waals surface area contributed by atoms with Gasteiger partial charge in [0, 0.05) is 13.5 Å². The Morgan fingerprint density at radius 3 is 2.82 bits per heavy atom. The number of anilines is 1. The van der Waals surface area contributed by atoms with E-state index >= 15 is 0 Å². The van der Waals surface area contributed by atoms with Crippen molar-refractivity contribution in [1.82, 2.24) is 9.97 Å². The molecule has 0 atom stereocenters. The van der Waals surface area contributed by atoms with Crippen LogP contribution >= 0.6 is 11.6 Å². The summed E-state index contributed by atoms with van der Waals surface area (Å²) in [5, 5.41) is 0.347. The molecule has 0 spiro atoms. The van der Waals surface area contributed by atoms with Crippen LogP contribution in [-0.4, -0.2) is 29.3 Å². The molecular weight excluding hydrogens is 244 g/mol. The molecule has 1 heterocycles. The highest BCUT2D eigenvalue weighted by molar-refractivity contribution is 6.31. The first-order valence-electron chi connectivity index (χ1n) is 5.15. The maximum atomic E-state index is 5.89. The zero-order chi connectivity index (χ0) is 12.9. The van der Waals surface area contributed by atoms with Crippen molar-refractivity contribution in [2.45, 2.75) is 25.9 Å². The van der Waals surface area contributed by atoms with Gasteiger partial charge in [-0.3, -0.25) is 5.43 Å². The fourth-order valence-electron chi connectivity index (χ4n) is 1.02. The van der Waals surface area contributed by atoms with Gasteiger partial charge in [0.05, 0.1) is 18.4 Å². The summed E-state index contributed by atoms with van der Waals surface area (Å²) in [6, 6.07) is 0. The van der Waals surface area contributed by atoms with E-state index in [4.69, 9.17) is 26.9 Å². The molecular formula is C10H17ClN4O2. The third kappa shape index (κ3) is 4.33. The largest absolute Gasteiger partial charge is 0.476 e. The number of methoxy groups -OCH3 is 1. The lowest BCUT2D eigenvalue weighted by atomic mass is 10.1. The summed E-state index contributed by atoms with van der Waals surface area (Å²) >= 11 is 5.89. The predicted molar refractivity (Wildman–Crippen MR) is 66.1 cm³/mol. The number of rotatable bonds is 6. The Hall–Kier alpha value is -1.11. The summed E-state index contributed by atoms with van der Waals surface area (Å²) in [5.41, 5.74) is 2.09. The van der Waals surface area contributed by atoms with Crippen molar-refractivity contribution in [3.8, 4) is 5.88 Å². The van der Waals surface area contributed by atoms with Crippen LogP contribution in [0.5, 0.6) is 5.88 Å². The van der Waals surface area contributed by atoms with Crippen LogP contribution < -0.4 is 16.0 Å². The molecule has 0 saturated heterocycles. The maximum absolute atomic E-state index is 5.89. The molecule has 0 aliphatic carbocycles. The number of halogens is 1. The fraction of sp³-hybridized carbons (Fsp3) is 0.600. The molecule has 0 radical (unpaired) electrons. The molecule has 1 aromatic rings. The average Bonchev–Trinajstić information content (AvgIpc) is 2.31. The van der Waals surface area contributed by atoms with Gasteiger partial charge >= 0.3 is 0 Å². The number of aromatic nitrogens is 2. The summed E-state index contributed by atoms with van der Waals surface area (Å²) in [6.45, 7) is 4.40. The van der Waals surface area contributed by atoms with Crippen molar-refractivity contribution in [2.75, 3.05) is 19.1 Å². The third-order valence-electron chi connectivity index (χ3n) is 2.34. The van der Waals surface area contributed by atoms with Crippen molar-refractivity contribution in [2.24, 2.45) is 5.84 Å². The van der Waals surface area contributed by atoms with Gasteiger partial charge in [-0.15, -0.1) is 0 Å². The predicted octanol–water partition coefficient (Wildman–Crippen LogP) is 1.61. The van der Waals surface area contributed by atoms with Gasteiger partial charge in [-0.25, -0.2) is 10.8 Å². The molecule has 0 aromatic carbocycles. The van der Waals surface area contributed by atoms with Gasteiger partial charge in [-0.2, -0.15) is 4.98 Å². The van der Waals surface area contributed by atoms with Gasteiger partial charge < -0.3 is 9.47 Å². The van der Waals surface area contributed by atoms with Gasteiger partial charge in [-0.1, -0.05) is 11.6 Å². The lowest BCUT2D eigenvalue weighted by Crippen LogP contribution is -2.25. The van der Waals surface area contributed by atoms with E-state index in [2.05, 4.69) is 15.4 Å². The molecule has 3 N–H and O–H groups in total. The van der Waals surface area contributed by atoms with E-state index in [1.807, 2.05) is 13.8 Å². The SMILES string of the molecule is COC(C)(C)CCOc1nc(NN)ncc1Cl. The Balaban J connectivity index is 2.57. The summed E-state index contributed by atoms with van der Waals surface area (Å²) in [6.07, 6.45) is 2.15. The van der Waals surface area contributed by atoms with Gasteiger partial charge in [0.1, 0.15) is 5.02 Å². The smallest absolute Gasteiger partial charge is 0.240 e. The van der Waals surface area contributed by atoms with Crippen LogP contribution in [0, 0.1) is 0 Å². The number of nitrogen functional groups attached to an aromatic ring is 1. The van der Waals surface area contributed by atoms with Gasteiger partial charge in [-0.05, 0) is 13.8 Å². The van der Waals surface area contributed by atoms with E-state index in [9.17, 15) is 0 Å². The highest BCUT2D eigenvalue weighted by Crippen LogP contribution is 2.22. The van der Waals surface area contributed by atoms with Crippen LogP contribution in [0.15, 0.2) is 6.20 Å². The molecule has 1 rings (SSSR count). The second-order valence-electron chi connectivity index (χ2n) is 4.05. The Morgan fingerprint density at radius 2 is 2.24 bits per heavy atom. The van der Waals surface area contributed by atoms with Gasteiger partial charge in [0.25, 0.3) is 0 Å². The molecule has 1 aromatic heterocycles. The van der Waals surface area contributed by atoms with Crippen molar-refractivity contribution >= 4 is 17.5 Å². The third-order valence-corrected chi connectivity index (χ3v) is 2.60. The number of hydrogen-bond donors (Lipinski definition) is 2. The Labute approximate surface area is 105 Å². The first-order valence-corrected chi connectivity index (χ1v) is 5.53. The number of hydrazine groups is 1. The van der Waals surface area contributed by atoms with Gasteiger partial charge in [0.2, 0.25) is 11.8 Å². The number of hydrogen-bond acceptors (Lipinski definition) is 6. The Kier molecular flexibility index (Phi) is 4.92. The highest BCUT2D eigenvalue weighted by Gasteiger charge is 2.16. The monoisotopic (exact) mass is 260 g/mol. The van der Waals surface area contributed by atoms with Crippen LogP contribution in [0.3, 0.4) is 0 Å². The summed E-state index contributed by atoms with van der Waals surface area (Å²) < 4.78 is 10.7. The normalized spacial score (nSPS) is 11.4. The quantitative estimate of drug-likeness (QED) is 0.597. The number of nitrogens with zero attached hydrogens (tertiary/aromatic N) is 2. The zero-order valence-corrected chi connectivity index (χ0v) is 10.9. The second kappa shape index (κ2) is 6.00. The minimum Gasteiger partial charge on any atom is -0.476 e. The number of nitrogens with two attached hydrogens (primary N) is 1. The van der Waals surface area contributed by atoms with E-state index in [0.29, 0.717) is 17.5 Å². The molecule has 17 heavy (non-hydrogen) atoms. The van der Waals surface area contributed by atoms with Crippen molar-refractivity contribution in [3.63, 3.8) is 0 Å². The minimum atomic E-state index is -0.242. The van der Waals surface area contributed by atoms with Crippen LogP contribution in [-0.2, 0) is 4.74 Å². The van der Waals surface area contributed by atoms with Crippen molar-refractivity contribution in [3.05, 3.63) is 11.2 Å². The molecule has 0 bridgehead atoms. The molecule has 7 heteroatoms. The molecule has 0 amide bonds. The number of ether oxygens (including phenoxy) is 2. The Bertz CT molecular complexity index is 373. The van der Waals surface area contributed by atoms with Crippen LogP contribution in [0.4, 0.5) is 5.95 Å². The first kappa shape index (κ1) is 14.0. The molecule has 6 nitrogen and oxygen atoms in total. The maximum Gasteiger partial charge on any atom is 0.240 e. The second-order valence-corrected chi connectivity index (χ2v) is 4.46. The van der Waals surface area contributed by atoms with E-state index < -0.39 is 0 Å². The molecule has 0 saturated carbocycles. The fourth-order valence-corrected chi connectivity index (χ4v) is 1.16. The van der Waals surface area contributed by atoms with Crippen LogP contribution in [0.25, 0.3) is 0 Å². The lowest BCUT2D eigenvalue weighted by molar-refractivity contribution is 0.00510. The van der Waals surface area contributed by atoms with Crippen LogP contribution in [0.1, 0.15) is 20.3 Å². The molecule has 0 aliphatic rings. The molecule has 0 unspecified atom stereocenters. The summed E-state index contributed by atoms with van der Waals surface area (Å²) in [5.74, 6) is 5.76. The van der Waals surface area contributed by atoms with Crippen molar-refractivity contribution in [1.29, 1.82) is 0 Å². The standard InChI is InChI=1S/C10H17ClN4O2/c1-10(2,16-3)4-5-17-8-7(11)6-13-9(14-8)15-12/h6H,4-5,12H2,1-3H3,(H,13,14,15). The minimum absolute atomic E-state index is 0.242. The summed E-state index contributed by atoms with van der Waals surface area (Å²) in [7, 11) is 1.66. The van der Waals surface area contributed by atoms with Gasteiger partial charge in [0.15, 0.2) is 0 Å². The van der Waals surface area contributed by atoms with E-state index in [1.165, 1.54) is 6.20 Å². The van der Waals surface area contributed by atoms with Crippen LogP contribution in [0.2, 0.25) is 5.02 Å². The Morgan fingerprint density at radius 1 is 1.53 bits per heavy atom. The van der Waals surface area contributed by atoms with E-state index in [1.54, 1.807) is 7.11 Å². The highest BCUT2D eigenvalue weighted by atomic mass is 35.5. The zero-order valence-electron chi connectivity index (χ0n) is 10.2. The molecule has 0 fully saturated rings. The first-order chi connectivity index (χ1) is 7.98. The van der Waals surface area contributed by atoms with Crippen molar-refractivity contribution < 1.29 is 9.47 Å². The van der Waals surface area contributed by atoms with E-state index in [0.717, 1.165) is 6.42 Å². The number of nitrogens with one attached hydrogen (secondary N) is 1. The van der Waals surface area contributed by atoms with E-state index in [-0.39, 0.29) is 11.5 Å².